The summed E-state index contributed by atoms with van der Waals surface area (Å²) in [4.78, 5) is 0.0504. The van der Waals surface area contributed by atoms with Gasteiger partial charge in [0, 0.05) is 5.56 Å². The second kappa shape index (κ2) is 3.62. The first-order chi connectivity index (χ1) is 5.61. The number of hydrogen-bond acceptors (Lipinski definition) is 2. The Kier molecular flexibility index (Phi) is 2.75. The van der Waals surface area contributed by atoms with Gasteiger partial charge < -0.3 is 0 Å². The lowest BCUT2D eigenvalue weighted by molar-refractivity contribution is 0.151. The van der Waals surface area contributed by atoms with E-state index in [4.69, 9.17) is 0 Å². The number of alkyl halides is 2. The van der Waals surface area contributed by atoms with Crippen LogP contribution < -0.4 is 0 Å². The molecule has 0 aliphatic heterocycles. The zero-order valence-electron chi connectivity index (χ0n) is 5.91. The van der Waals surface area contributed by atoms with Gasteiger partial charge >= 0.3 is 0 Å². The molecule has 12 heavy (non-hydrogen) atoms. The molecule has 0 fully saturated rings. The summed E-state index contributed by atoms with van der Waals surface area (Å²) < 4.78 is 44.6. The molecule has 66 valence electrons. The molecule has 0 amide bonds. The van der Waals surface area contributed by atoms with Crippen LogP contribution in [0.3, 0.4) is 0 Å². The fourth-order valence-corrected chi connectivity index (χ4v) is 1.13. The smallest absolute Gasteiger partial charge is 0.227 e. The van der Waals surface area contributed by atoms with E-state index in [1.807, 2.05) is 0 Å². The third-order valence-electron chi connectivity index (χ3n) is 1.36. The quantitative estimate of drug-likeness (QED) is 0.722. The summed E-state index contributed by atoms with van der Waals surface area (Å²) in [6, 6.07) is 4.52. The van der Waals surface area contributed by atoms with E-state index in [1.54, 1.807) is 0 Å². The minimum absolute atomic E-state index is 0.0504. The van der Waals surface area contributed by atoms with Crippen LogP contribution >= 0.6 is 0 Å². The van der Waals surface area contributed by atoms with Crippen molar-refractivity contribution in [2.24, 2.45) is 0 Å². The second-order valence-corrected chi connectivity index (χ2v) is 3.18. The van der Waals surface area contributed by atoms with Crippen molar-refractivity contribution in [3.63, 3.8) is 0 Å². The first-order valence-electron chi connectivity index (χ1n) is 3.14. The van der Waals surface area contributed by atoms with Crippen molar-refractivity contribution in [2.45, 2.75) is 11.3 Å². The molecule has 0 saturated carbocycles. The van der Waals surface area contributed by atoms with Gasteiger partial charge in [0.05, 0.1) is 4.90 Å². The van der Waals surface area contributed by atoms with Gasteiger partial charge in [0.15, 0.2) is 10.7 Å². The Morgan fingerprint density at radius 2 is 1.58 bits per heavy atom. The van der Waals surface area contributed by atoms with Crippen molar-refractivity contribution >= 4 is 10.7 Å². The molecule has 0 saturated heterocycles. The Bertz CT molecular complexity index is 322. The predicted octanol–water partition coefficient (Wildman–Crippen LogP) is 1.59. The van der Waals surface area contributed by atoms with Crippen LogP contribution in [0.4, 0.5) is 8.78 Å². The molecule has 0 unspecified atom stereocenters. The van der Waals surface area contributed by atoms with E-state index in [2.05, 4.69) is 0 Å². The molecule has 2 nitrogen and oxygen atoms in total. The standard InChI is InChI=1S/C7H6F2O2S/c8-7(9)5-1-3-6(4-2-5)12(10)11/h1-4,7,12H. The highest BCUT2D eigenvalue weighted by molar-refractivity contribution is 7.72. The molecule has 0 bridgehead atoms. The van der Waals surface area contributed by atoms with E-state index in [0.29, 0.717) is 0 Å². The van der Waals surface area contributed by atoms with Gasteiger partial charge in [-0.3, -0.25) is 0 Å². The third-order valence-corrected chi connectivity index (χ3v) is 2.08. The summed E-state index contributed by atoms with van der Waals surface area (Å²) in [5.41, 5.74) is -0.171. The number of rotatable bonds is 2. The highest BCUT2D eigenvalue weighted by Gasteiger charge is 2.05. The molecular formula is C7H6F2O2S. The summed E-state index contributed by atoms with van der Waals surface area (Å²) in [5, 5.41) is 0. The maximum Gasteiger partial charge on any atom is 0.263 e. The van der Waals surface area contributed by atoms with Crippen LogP contribution in [0.5, 0.6) is 0 Å². The SMILES string of the molecule is O=[SH](=O)c1ccc(C(F)F)cc1. The van der Waals surface area contributed by atoms with Crippen LogP contribution in [-0.2, 0) is 10.7 Å². The number of halogens is 2. The fourth-order valence-electron chi connectivity index (χ4n) is 0.742. The second-order valence-electron chi connectivity index (χ2n) is 2.15. The number of thiol groups is 1. The van der Waals surface area contributed by atoms with E-state index >= 15 is 0 Å². The largest absolute Gasteiger partial charge is 0.263 e. The van der Waals surface area contributed by atoms with E-state index in [9.17, 15) is 17.2 Å². The summed E-state index contributed by atoms with van der Waals surface area (Å²) in [6.45, 7) is 0. The van der Waals surface area contributed by atoms with Crippen LogP contribution in [-0.4, -0.2) is 8.42 Å². The lowest BCUT2D eigenvalue weighted by atomic mass is 10.2. The van der Waals surface area contributed by atoms with Crippen LogP contribution in [0.25, 0.3) is 0 Å². The zero-order chi connectivity index (χ0) is 9.14. The average molecular weight is 192 g/mol. The summed E-state index contributed by atoms with van der Waals surface area (Å²) in [5.74, 6) is 0. The van der Waals surface area contributed by atoms with Gasteiger partial charge in [0.2, 0.25) is 0 Å². The first kappa shape index (κ1) is 9.12. The topological polar surface area (TPSA) is 34.1 Å². The molecular weight excluding hydrogens is 186 g/mol. The third kappa shape index (κ3) is 2.01. The van der Waals surface area contributed by atoms with Gasteiger partial charge in [-0.15, -0.1) is 0 Å². The molecule has 1 aromatic rings. The summed E-state index contributed by atoms with van der Waals surface area (Å²) >= 11 is 0. The Labute approximate surface area is 69.8 Å². The number of hydrogen-bond donors (Lipinski definition) is 1. The molecule has 0 aliphatic rings. The molecule has 0 atom stereocenters. The highest BCUT2D eigenvalue weighted by Crippen LogP contribution is 2.18. The van der Waals surface area contributed by atoms with Gasteiger partial charge in [0.1, 0.15) is 0 Å². The van der Waals surface area contributed by atoms with Crippen molar-refractivity contribution in [3.05, 3.63) is 29.8 Å². The van der Waals surface area contributed by atoms with E-state index in [1.165, 1.54) is 0 Å². The van der Waals surface area contributed by atoms with Gasteiger partial charge in [-0.25, -0.2) is 17.2 Å². The van der Waals surface area contributed by atoms with Crippen LogP contribution in [0.2, 0.25) is 0 Å². The Morgan fingerprint density at radius 3 is 1.92 bits per heavy atom. The Balaban J connectivity index is 3.01. The maximum absolute atomic E-state index is 11.9. The lowest BCUT2D eigenvalue weighted by Crippen LogP contribution is -1.85. The van der Waals surface area contributed by atoms with Gasteiger partial charge in [-0.05, 0) is 12.1 Å². The van der Waals surface area contributed by atoms with Crippen molar-refractivity contribution in [2.75, 3.05) is 0 Å². The molecule has 0 aromatic heterocycles. The first-order valence-corrected chi connectivity index (χ1v) is 4.31. The van der Waals surface area contributed by atoms with Crippen LogP contribution in [0, 0.1) is 0 Å². The van der Waals surface area contributed by atoms with Gasteiger partial charge in [0.25, 0.3) is 6.43 Å². The molecule has 0 N–H and O–H groups in total. The average Bonchev–Trinajstić information content (AvgIpc) is 2.04. The number of benzene rings is 1. The Morgan fingerprint density at radius 1 is 1.08 bits per heavy atom. The fraction of sp³-hybridized carbons (Fsp3) is 0.143. The van der Waals surface area contributed by atoms with Crippen molar-refractivity contribution < 1.29 is 17.2 Å². The lowest BCUT2D eigenvalue weighted by Gasteiger charge is -1.97. The monoisotopic (exact) mass is 192 g/mol. The minimum atomic E-state index is -2.67. The molecule has 1 rings (SSSR count). The highest BCUT2D eigenvalue weighted by atomic mass is 32.2. The van der Waals surface area contributed by atoms with Crippen molar-refractivity contribution in [3.8, 4) is 0 Å². The van der Waals surface area contributed by atoms with E-state index < -0.39 is 17.1 Å². The normalized spacial score (nSPS) is 11.0. The molecule has 5 heteroatoms. The van der Waals surface area contributed by atoms with Gasteiger partial charge in [-0.1, -0.05) is 12.1 Å². The predicted molar refractivity (Wildman–Crippen MR) is 40.0 cm³/mol. The summed E-state index contributed by atoms with van der Waals surface area (Å²) in [6.07, 6.45) is -2.55. The van der Waals surface area contributed by atoms with Gasteiger partial charge in [-0.2, -0.15) is 0 Å². The van der Waals surface area contributed by atoms with Crippen LogP contribution in [0.15, 0.2) is 29.2 Å². The molecule has 0 radical (unpaired) electrons. The van der Waals surface area contributed by atoms with E-state index in [0.717, 1.165) is 24.3 Å². The molecule has 1 aromatic carbocycles. The van der Waals surface area contributed by atoms with Crippen molar-refractivity contribution in [1.29, 1.82) is 0 Å². The van der Waals surface area contributed by atoms with E-state index in [-0.39, 0.29) is 10.5 Å². The minimum Gasteiger partial charge on any atom is -0.227 e. The molecule has 0 spiro atoms. The summed E-state index contributed by atoms with van der Waals surface area (Å²) in [7, 11) is -2.67. The molecule has 0 heterocycles. The maximum atomic E-state index is 11.9. The Hall–Kier alpha value is -0.970. The van der Waals surface area contributed by atoms with Crippen LogP contribution in [0.1, 0.15) is 12.0 Å². The molecule has 0 aliphatic carbocycles. The zero-order valence-corrected chi connectivity index (χ0v) is 6.80. The van der Waals surface area contributed by atoms with Crippen molar-refractivity contribution in [1.82, 2.24) is 0 Å².